The Labute approximate surface area is 108 Å². The predicted octanol–water partition coefficient (Wildman–Crippen LogP) is 2.03. The molecule has 4 heteroatoms. The van der Waals surface area contributed by atoms with E-state index in [1.807, 2.05) is 19.1 Å². The molecular formula is C14H22N2O2. The SMILES string of the molecule is CCC1CN(c2ccc(C(C)N)c(O)c2)CCO1. The molecule has 2 rings (SSSR count). The summed E-state index contributed by atoms with van der Waals surface area (Å²) < 4.78 is 5.65. The average Bonchev–Trinajstić information content (AvgIpc) is 2.38. The van der Waals surface area contributed by atoms with Gasteiger partial charge >= 0.3 is 0 Å². The number of hydrogen-bond acceptors (Lipinski definition) is 4. The quantitative estimate of drug-likeness (QED) is 0.861. The van der Waals surface area contributed by atoms with Crippen LogP contribution in [0.4, 0.5) is 5.69 Å². The maximum Gasteiger partial charge on any atom is 0.122 e. The van der Waals surface area contributed by atoms with Gasteiger partial charge in [0.25, 0.3) is 0 Å². The first-order chi connectivity index (χ1) is 8.61. The Hall–Kier alpha value is -1.26. The summed E-state index contributed by atoms with van der Waals surface area (Å²) in [6.07, 6.45) is 1.30. The van der Waals surface area contributed by atoms with Gasteiger partial charge in [-0.3, -0.25) is 0 Å². The van der Waals surface area contributed by atoms with Gasteiger partial charge in [-0.1, -0.05) is 13.0 Å². The molecule has 1 aromatic carbocycles. The van der Waals surface area contributed by atoms with Crippen LogP contribution in [0.1, 0.15) is 31.9 Å². The number of nitrogens with zero attached hydrogens (tertiary/aromatic N) is 1. The second kappa shape index (κ2) is 5.59. The predicted molar refractivity (Wildman–Crippen MR) is 73.0 cm³/mol. The molecule has 0 aromatic heterocycles. The van der Waals surface area contributed by atoms with Crippen molar-refractivity contribution in [2.45, 2.75) is 32.4 Å². The molecule has 1 heterocycles. The standard InChI is InChI=1S/C14H22N2O2/c1-3-12-9-16(6-7-18-12)11-4-5-13(10(2)15)14(17)8-11/h4-5,8,10,12,17H,3,6-7,9,15H2,1-2H3. The van der Waals surface area contributed by atoms with E-state index in [2.05, 4.69) is 11.8 Å². The molecule has 1 aromatic rings. The van der Waals surface area contributed by atoms with Gasteiger partial charge in [-0.2, -0.15) is 0 Å². The van der Waals surface area contributed by atoms with E-state index < -0.39 is 0 Å². The van der Waals surface area contributed by atoms with Gasteiger partial charge in [0.2, 0.25) is 0 Å². The van der Waals surface area contributed by atoms with E-state index in [4.69, 9.17) is 10.5 Å². The van der Waals surface area contributed by atoms with E-state index in [-0.39, 0.29) is 17.9 Å². The summed E-state index contributed by atoms with van der Waals surface area (Å²) in [7, 11) is 0. The number of nitrogens with two attached hydrogens (primary N) is 1. The van der Waals surface area contributed by atoms with Crippen LogP contribution in [0.3, 0.4) is 0 Å². The second-order valence-corrected chi connectivity index (χ2v) is 4.88. The molecule has 0 spiro atoms. The molecule has 4 nitrogen and oxygen atoms in total. The minimum absolute atomic E-state index is 0.146. The zero-order valence-corrected chi connectivity index (χ0v) is 11.1. The molecule has 0 saturated carbocycles. The van der Waals surface area contributed by atoms with Crippen molar-refractivity contribution in [3.05, 3.63) is 23.8 Å². The van der Waals surface area contributed by atoms with Crippen molar-refractivity contribution in [2.75, 3.05) is 24.6 Å². The Morgan fingerprint density at radius 1 is 1.56 bits per heavy atom. The van der Waals surface area contributed by atoms with Crippen LogP contribution in [0.25, 0.3) is 0 Å². The Kier molecular flexibility index (Phi) is 4.09. The molecular weight excluding hydrogens is 228 g/mol. The van der Waals surface area contributed by atoms with Crippen LogP contribution in [0.5, 0.6) is 5.75 Å². The number of morpholine rings is 1. The lowest BCUT2D eigenvalue weighted by Gasteiger charge is -2.34. The number of ether oxygens (including phenoxy) is 1. The highest BCUT2D eigenvalue weighted by atomic mass is 16.5. The van der Waals surface area contributed by atoms with E-state index in [1.165, 1.54) is 0 Å². The van der Waals surface area contributed by atoms with Crippen LogP contribution in [-0.2, 0) is 4.74 Å². The van der Waals surface area contributed by atoms with Crippen molar-refractivity contribution < 1.29 is 9.84 Å². The lowest BCUT2D eigenvalue weighted by atomic mass is 10.1. The molecule has 3 N–H and O–H groups in total. The molecule has 18 heavy (non-hydrogen) atoms. The maximum atomic E-state index is 9.98. The number of aromatic hydroxyl groups is 1. The lowest BCUT2D eigenvalue weighted by Crippen LogP contribution is -2.42. The van der Waals surface area contributed by atoms with Gasteiger partial charge in [-0.05, 0) is 19.4 Å². The number of rotatable bonds is 3. The van der Waals surface area contributed by atoms with Crippen molar-refractivity contribution in [1.29, 1.82) is 0 Å². The molecule has 0 bridgehead atoms. The third kappa shape index (κ3) is 2.76. The van der Waals surface area contributed by atoms with Crippen LogP contribution in [0.2, 0.25) is 0 Å². The molecule has 100 valence electrons. The normalized spacial score (nSPS) is 21.9. The van der Waals surface area contributed by atoms with Gasteiger partial charge in [0, 0.05) is 36.4 Å². The first-order valence-electron chi connectivity index (χ1n) is 6.57. The topological polar surface area (TPSA) is 58.7 Å². The highest BCUT2D eigenvalue weighted by Gasteiger charge is 2.20. The molecule has 0 amide bonds. The molecule has 1 aliphatic rings. The molecule has 2 atom stereocenters. The van der Waals surface area contributed by atoms with Gasteiger partial charge in [0.05, 0.1) is 12.7 Å². The van der Waals surface area contributed by atoms with Gasteiger partial charge in [0.1, 0.15) is 5.75 Å². The zero-order chi connectivity index (χ0) is 13.1. The van der Waals surface area contributed by atoms with Crippen LogP contribution < -0.4 is 10.6 Å². The summed E-state index contributed by atoms with van der Waals surface area (Å²) in [6, 6.07) is 5.59. The van der Waals surface area contributed by atoms with Crippen LogP contribution in [0.15, 0.2) is 18.2 Å². The molecule has 1 fully saturated rings. The monoisotopic (exact) mass is 250 g/mol. The van der Waals surface area contributed by atoms with E-state index in [9.17, 15) is 5.11 Å². The highest BCUT2D eigenvalue weighted by molar-refractivity contribution is 5.54. The Bertz CT molecular complexity index is 407. The summed E-state index contributed by atoms with van der Waals surface area (Å²) >= 11 is 0. The Balaban J connectivity index is 2.16. The summed E-state index contributed by atoms with van der Waals surface area (Å²) in [5.41, 5.74) is 7.62. The van der Waals surface area contributed by atoms with Gasteiger partial charge in [0.15, 0.2) is 0 Å². The zero-order valence-electron chi connectivity index (χ0n) is 11.1. The number of benzene rings is 1. The maximum absolute atomic E-state index is 9.98. The van der Waals surface area contributed by atoms with E-state index in [0.717, 1.165) is 37.4 Å². The largest absolute Gasteiger partial charge is 0.508 e. The fourth-order valence-electron chi connectivity index (χ4n) is 2.31. The van der Waals surface area contributed by atoms with Crippen molar-refractivity contribution in [1.82, 2.24) is 0 Å². The first kappa shape index (κ1) is 13.2. The number of anilines is 1. The Morgan fingerprint density at radius 2 is 2.33 bits per heavy atom. The number of phenols is 1. The third-order valence-corrected chi connectivity index (χ3v) is 3.46. The van der Waals surface area contributed by atoms with Gasteiger partial charge < -0.3 is 20.5 Å². The fourth-order valence-corrected chi connectivity index (χ4v) is 2.31. The molecule has 2 unspecified atom stereocenters. The summed E-state index contributed by atoms with van der Waals surface area (Å²) in [6.45, 7) is 6.50. The molecule has 0 aliphatic carbocycles. The summed E-state index contributed by atoms with van der Waals surface area (Å²) in [4.78, 5) is 2.25. The first-order valence-corrected chi connectivity index (χ1v) is 6.57. The van der Waals surface area contributed by atoms with Gasteiger partial charge in [-0.25, -0.2) is 0 Å². The number of phenolic OH excluding ortho intramolecular Hbond substituents is 1. The van der Waals surface area contributed by atoms with Crippen LogP contribution >= 0.6 is 0 Å². The summed E-state index contributed by atoms with van der Waals surface area (Å²) in [5.74, 6) is 0.280. The number of hydrogen-bond donors (Lipinski definition) is 2. The molecule has 1 saturated heterocycles. The second-order valence-electron chi connectivity index (χ2n) is 4.88. The van der Waals surface area contributed by atoms with Crippen molar-refractivity contribution in [2.24, 2.45) is 5.73 Å². The van der Waals surface area contributed by atoms with E-state index in [1.54, 1.807) is 6.07 Å². The van der Waals surface area contributed by atoms with E-state index in [0.29, 0.717) is 0 Å². The van der Waals surface area contributed by atoms with Crippen molar-refractivity contribution >= 4 is 5.69 Å². The van der Waals surface area contributed by atoms with Crippen molar-refractivity contribution in [3.8, 4) is 5.75 Å². The van der Waals surface area contributed by atoms with Crippen molar-refractivity contribution in [3.63, 3.8) is 0 Å². The minimum atomic E-state index is -0.146. The highest BCUT2D eigenvalue weighted by Crippen LogP contribution is 2.29. The van der Waals surface area contributed by atoms with Gasteiger partial charge in [-0.15, -0.1) is 0 Å². The average molecular weight is 250 g/mol. The molecule has 1 aliphatic heterocycles. The smallest absolute Gasteiger partial charge is 0.122 e. The molecule has 0 radical (unpaired) electrons. The fraction of sp³-hybridized carbons (Fsp3) is 0.571. The minimum Gasteiger partial charge on any atom is -0.508 e. The van der Waals surface area contributed by atoms with Crippen LogP contribution in [-0.4, -0.2) is 30.9 Å². The lowest BCUT2D eigenvalue weighted by molar-refractivity contribution is 0.0384. The van der Waals surface area contributed by atoms with Crippen LogP contribution in [0, 0.1) is 0 Å². The van der Waals surface area contributed by atoms with E-state index >= 15 is 0 Å². The summed E-state index contributed by atoms with van der Waals surface area (Å²) in [5, 5.41) is 9.98. The Morgan fingerprint density at radius 3 is 2.94 bits per heavy atom. The third-order valence-electron chi connectivity index (χ3n) is 3.46.